The molecule has 6 nitrogen and oxygen atoms in total. The topological polar surface area (TPSA) is 78.9 Å². The van der Waals surface area contributed by atoms with Crippen molar-refractivity contribution in [3.8, 4) is 11.5 Å². The van der Waals surface area contributed by atoms with Gasteiger partial charge in [-0.2, -0.15) is 0 Å². The zero-order valence-corrected chi connectivity index (χ0v) is 19.8. The minimum absolute atomic E-state index is 0. The summed E-state index contributed by atoms with van der Waals surface area (Å²) in [5.74, 6) is 1.27. The van der Waals surface area contributed by atoms with Crippen molar-refractivity contribution in [2.24, 2.45) is 5.92 Å². The maximum absolute atomic E-state index is 13.6. The molecule has 34 heavy (non-hydrogen) atoms. The number of hydrogen-bond donors (Lipinski definition) is 2. The predicted octanol–water partition coefficient (Wildman–Crippen LogP) is 3.38. The number of halogens is 1. The number of nitrogens with one attached hydrogen (secondary N) is 1. The quantitative estimate of drug-likeness (QED) is 0.701. The first-order valence-corrected chi connectivity index (χ1v) is 12.2. The van der Waals surface area contributed by atoms with Gasteiger partial charge in [-0.1, -0.05) is 24.3 Å². The van der Waals surface area contributed by atoms with Crippen LogP contribution in [-0.2, 0) is 16.6 Å². The van der Waals surface area contributed by atoms with Gasteiger partial charge in [0, 0.05) is 30.1 Å². The van der Waals surface area contributed by atoms with Gasteiger partial charge in [0.1, 0.15) is 0 Å². The predicted molar refractivity (Wildman–Crippen MR) is 129 cm³/mol. The van der Waals surface area contributed by atoms with Gasteiger partial charge in [0.05, 0.1) is 11.0 Å². The van der Waals surface area contributed by atoms with E-state index in [-0.39, 0.29) is 35.9 Å². The number of likely N-dealkylation sites (tertiary alicyclic amines) is 1. The Kier molecular flexibility index (Phi) is 4.81. The molecule has 2 heterocycles. The first-order chi connectivity index (χ1) is 16.0. The third kappa shape index (κ3) is 2.73. The first kappa shape index (κ1) is 21.9. The second-order valence-corrected chi connectivity index (χ2v) is 10.6. The highest BCUT2D eigenvalue weighted by molar-refractivity contribution is 5.96. The molecular weight excluding hydrogens is 452 g/mol. The molecule has 3 aliphatic carbocycles. The molecule has 2 saturated carbocycles. The van der Waals surface area contributed by atoms with Crippen LogP contribution in [0.3, 0.4) is 0 Å². The van der Waals surface area contributed by atoms with Crippen LogP contribution in [-0.4, -0.2) is 52.5 Å². The number of rotatable bonds is 4. The molecular formula is C27H29ClN2O4. The summed E-state index contributed by atoms with van der Waals surface area (Å²) < 4.78 is 6.29. The lowest BCUT2D eigenvalue weighted by Crippen LogP contribution is -2.81. The van der Waals surface area contributed by atoms with Gasteiger partial charge >= 0.3 is 0 Å². The van der Waals surface area contributed by atoms with Crippen molar-refractivity contribution in [2.75, 3.05) is 13.1 Å². The molecule has 178 valence electrons. The minimum atomic E-state index is -0.657. The van der Waals surface area contributed by atoms with Crippen molar-refractivity contribution in [3.05, 3.63) is 59.2 Å². The molecule has 2 aliphatic heterocycles. The number of nitrogens with zero attached hydrogens (tertiary/aromatic N) is 1. The molecule has 7 heteroatoms. The average Bonchev–Trinajstić information content (AvgIpc) is 3.57. The number of phenols is 1. The van der Waals surface area contributed by atoms with Crippen LogP contribution in [0.2, 0.25) is 0 Å². The van der Waals surface area contributed by atoms with Gasteiger partial charge in [-0.25, -0.2) is 0 Å². The van der Waals surface area contributed by atoms with Gasteiger partial charge in [0.2, 0.25) is 0 Å². The maximum Gasteiger partial charge on any atom is 0.251 e. The van der Waals surface area contributed by atoms with Crippen LogP contribution in [0, 0.1) is 5.92 Å². The van der Waals surface area contributed by atoms with Crippen molar-refractivity contribution in [1.29, 1.82) is 0 Å². The number of carbonyl (C=O) groups is 2. The number of piperidine rings is 1. The maximum atomic E-state index is 13.6. The summed E-state index contributed by atoms with van der Waals surface area (Å²) >= 11 is 0. The summed E-state index contributed by atoms with van der Waals surface area (Å²) in [6.45, 7) is 1.93. The van der Waals surface area contributed by atoms with Crippen LogP contribution in [0.15, 0.2) is 42.5 Å². The standard InChI is InChI=1S/C27H28N2O4.ClH/c30-19-9-8-18-14-21-27(28-25(32)17-4-2-1-3-5-17)11-10-20(31)24-26(27,22(18)23(19)33-24)12-13-29(21)15-16-6-7-16;/h1-5,8-9,16,21,24,30H,6-7,10-15H2,(H,28,32);1H/t21-,24+,26+,27-;/m1./s1. The molecule has 3 fully saturated rings. The van der Waals surface area contributed by atoms with Crippen molar-refractivity contribution in [3.63, 3.8) is 0 Å². The number of carbonyl (C=O) groups excluding carboxylic acids is 2. The molecule has 4 atom stereocenters. The Balaban J connectivity index is 0.00000217. The molecule has 0 radical (unpaired) electrons. The molecule has 1 amide bonds. The van der Waals surface area contributed by atoms with Gasteiger partial charge in [0.25, 0.3) is 5.91 Å². The lowest BCUT2D eigenvalue weighted by Gasteiger charge is -2.65. The third-order valence-corrected chi connectivity index (χ3v) is 8.99. The van der Waals surface area contributed by atoms with E-state index in [4.69, 9.17) is 4.74 Å². The summed E-state index contributed by atoms with van der Waals surface area (Å²) in [5, 5.41) is 14.2. The number of phenolic OH excluding ortho intramolecular Hbond substituents is 1. The van der Waals surface area contributed by atoms with Gasteiger partial charge in [-0.15, -0.1) is 12.4 Å². The fraction of sp³-hybridized carbons (Fsp3) is 0.481. The van der Waals surface area contributed by atoms with E-state index in [0.717, 1.165) is 43.0 Å². The van der Waals surface area contributed by atoms with Gasteiger partial charge < -0.3 is 15.2 Å². The first-order valence-electron chi connectivity index (χ1n) is 12.2. The van der Waals surface area contributed by atoms with E-state index in [1.54, 1.807) is 6.07 Å². The summed E-state index contributed by atoms with van der Waals surface area (Å²) in [6, 6.07) is 13.1. The van der Waals surface area contributed by atoms with Crippen molar-refractivity contribution >= 4 is 24.1 Å². The molecule has 2 aromatic rings. The van der Waals surface area contributed by atoms with Crippen molar-refractivity contribution < 1.29 is 19.4 Å². The Labute approximate surface area is 205 Å². The smallest absolute Gasteiger partial charge is 0.251 e. The summed E-state index contributed by atoms with van der Waals surface area (Å²) in [5.41, 5.74) is 1.49. The zero-order chi connectivity index (χ0) is 22.4. The Morgan fingerprint density at radius 3 is 2.71 bits per heavy atom. The average molecular weight is 481 g/mol. The fourth-order valence-electron chi connectivity index (χ4n) is 7.43. The number of ketones is 1. The molecule has 5 aliphatic rings. The van der Waals surface area contributed by atoms with Gasteiger partial charge in [-0.3, -0.25) is 14.5 Å². The molecule has 7 rings (SSSR count). The summed E-state index contributed by atoms with van der Waals surface area (Å²) in [4.78, 5) is 29.5. The number of ether oxygens (including phenoxy) is 1. The Hall–Kier alpha value is -2.57. The number of aromatic hydroxyl groups is 1. The van der Waals surface area contributed by atoms with Gasteiger partial charge in [0.15, 0.2) is 23.4 Å². The molecule has 2 N–H and O–H groups in total. The highest BCUT2D eigenvalue weighted by atomic mass is 35.5. The minimum Gasteiger partial charge on any atom is -0.504 e. The molecule has 1 spiro atoms. The number of benzene rings is 2. The van der Waals surface area contributed by atoms with E-state index in [2.05, 4.69) is 10.2 Å². The Morgan fingerprint density at radius 2 is 1.94 bits per heavy atom. The second kappa shape index (κ2) is 7.46. The monoisotopic (exact) mass is 480 g/mol. The van der Waals surface area contributed by atoms with Crippen LogP contribution in [0.25, 0.3) is 0 Å². The second-order valence-electron chi connectivity index (χ2n) is 10.6. The highest BCUT2D eigenvalue weighted by Crippen LogP contribution is 2.65. The van der Waals surface area contributed by atoms with Crippen LogP contribution in [0.4, 0.5) is 0 Å². The largest absolute Gasteiger partial charge is 0.504 e. The lowest BCUT2D eigenvalue weighted by atomic mass is 9.47. The Bertz CT molecular complexity index is 1180. The van der Waals surface area contributed by atoms with Crippen molar-refractivity contribution in [2.45, 2.75) is 61.6 Å². The van der Waals surface area contributed by atoms with E-state index >= 15 is 0 Å². The molecule has 0 aromatic heterocycles. The van der Waals surface area contributed by atoms with E-state index in [1.165, 1.54) is 12.8 Å². The number of amides is 1. The summed E-state index contributed by atoms with van der Waals surface area (Å²) in [6.07, 6.45) is 4.40. The SMILES string of the molecule is Cl.O=C(N[C@@]12CCC(=O)[C@@H]3Oc4c(O)ccc5c4[C@@]31CCN(CC1CC1)[C@@H]2C5)c1ccccc1. The van der Waals surface area contributed by atoms with E-state index in [1.807, 2.05) is 36.4 Å². The zero-order valence-electron chi connectivity index (χ0n) is 19.0. The van der Waals surface area contributed by atoms with Crippen LogP contribution in [0.5, 0.6) is 11.5 Å². The van der Waals surface area contributed by atoms with Crippen molar-refractivity contribution in [1.82, 2.24) is 10.2 Å². The normalized spacial score (nSPS) is 32.9. The van der Waals surface area contributed by atoms with Crippen LogP contribution >= 0.6 is 12.4 Å². The molecule has 2 aromatic carbocycles. The Morgan fingerprint density at radius 1 is 1.15 bits per heavy atom. The summed E-state index contributed by atoms with van der Waals surface area (Å²) in [7, 11) is 0. The van der Waals surface area contributed by atoms with Crippen LogP contribution < -0.4 is 10.1 Å². The van der Waals surface area contributed by atoms with E-state index < -0.39 is 17.1 Å². The van der Waals surface area contributed by atoms with E-state index in [0.29, 0.717) is 24.2 Å². The fourth-order valence-corrected chi connectivity index (χ4v) is 7.43. The highest BCUT2D eigenvalue weighted by Gasteiger charge is 2.74. The molecule has 1 saturated heterocycles. The number of hydrogen-bond acceptors (Lipinski definition) is 5. The number of Topliss-reactive ketones (excluding diaryl/α,β-unsaturated/α-hetero) is 1. The molecule has 0 unspecified atom stereocenters. The lowest BCUT2D eigenvalue weighted by molar-refractivity contribution is -0.143. The van der Waals surface area contributed by atoms with Gasteiger partial charge in [-0.05, 0) is 68.3 Å². The van der Waals surface area contributed by atoms with E-state index in [9.17, 15) is 14.7 Å². The molecule has 2 bridgehead atoms. The van der Waals surface area contributed by atoms with Crippen LogP contribution in [0.1, 0.15) is 53.6 Å². The third-order valence-electron chi connectivity index (χ3n) is 8.99.